The normalized spacial score (nSPS) is 20.9. The number of ether oxygens (including phenoxy) is 2. The van der Waals surface area contributed by atoms with Crippen molar-refractivity contribution in [1.29, 1.82) is 0 Å². The van der Waals surface area contributed by atoms with Crippen LogP contribution < -0.4 is 41.3 Å². The van der Waals surface area contributed by atoms with E-state index in [1.807, 2.05) is 38.1 Å². The summed E-state index contributed by atoms with van der Waals surface area (Å²) in [5, 5.41) is 18.3. The number of nitrogens with two attached hydrogens (primary N) is 1. The van der Waals surface area contributed by atoms with Gasteiger partial charge < -0.3 is 55.4 Å². The maximum atomic E-state index is 13.1. The fourth-order valence-electron chi connectivity index (χ4n) is 10.2. The number of benzene rings is 2. The molecule has 74 heavy (non-hydrogen) atoms. The SMILES string of the molecule is CCN1c2cc3c(cc2C(C)=CC1(C)C)N=c1cc2c(cc1O3)=[N+](CCCC(=O)NCCCCCCNc1nc3c(N)ncnc3n1[C@@H]1O[C@H](COP(=O)(O)O)[C@@H](O)[C@H]1OP(=O)(O)O)C(C)(C)C=C2CS(=O)(=O)O. The van der Waals surface area contributed by atoms with Crippen LogP contribution in [0.2, 0.25) is 0 Å². The Labute approximate surface area is 426 Å². The Morgan fingerprint density at radius 2 is 1.69 bits per heavy atom. The molecule has 1 saturated heterocycles. The number of carbonyl (C=O) groups excluding carboxylic acids is 1. The lowest BCUT2D eigenvalue weighted by Crippen LogP contribution is -2.50. The number of aliphatic hydroxyl groups excluding tert-OH is 1. The maximum absolute atomic E-state index is 13.1. The van der Waals surface area contributed by atoms with Crippen LogP contribution >= 0.6 is 15.6 Å². The fourth-order valence-corrected chi connectivity index (χ4v) is 11.7. The van der Waals surface area contributed by atoms with Gasteiger partial charge in [0, 0.05) is 63.6 Å². The quantitative estimate of drug-likeness (QED) is 0.0220. The molecule has 0 radical (unpaired) electrons. The third-order valence-electron chi connectivity index (χ3n) is 13.3. The van der Waals surface area contributed by atoms with Gasteiger partial charge >= 0.3 is 15.6 Å². The van der Waals surface area contributed by atoms with E-state index in [0.717, 1.165) is 36.1 Å². The van der Waals surface area contributed by atoms with Gasteiger partial charge in [-0.05, 0) is 69.9 Å². The lowest BCUT2D eigenvalue weighted by atomic mass is 9.88. The summed E-state index contributed by atoms with van der Waals surface area (Å²) in [6.45, 7) is 13.6. The van der Waals surface area contributed by atoms with E-state index in [1.54, 1.807) is 6.07 Å². The number of nitrogen functional groups attached to an aromatic ring is 1. The highest BCUT2D eigenvalue weighted by Crippen LogP contribution is 2.48. The molecule has 0 spiro atoms. The van der Waals surface area contributed by atoms with Crippen molar-refractivity contribution in [2.24, 2.45) is 4.99 Å². The number of rotatable bonds is 21. The summed E-state index contributed by atoms with van der Waals surface area (Å²) in [7, 11) is -14.7. The summed E-state index contributed by atoms with van der Waals surface area (Å²) in [5.41, 5.74) is 10.2. The number of aromatic nitrogens is 4. The smallest absolute Gasteiger partial charge is 0.452 e. The molecule has 1 amide bonds. The van der Waals surface area contributed by atoms with E-state index < -0.39 is 68.2 Å². The van der Waals surface area contributed by atoms with Gasteiger partial charge in [0.1, 0.15) is 48.0 Å². The molecule has 10 N–H and O–H groups in total. The van der Waals surface area contributed by atoms with Crippen molar-refractivity contribution in [2.75, 3.05) is 54.5 Å². The number of nitrogens with one attached hydrogen (secondary N) is 2. The van der Waals surface area contributed by atoms with Gasteiger partial charge in [0.25, 0.3) is 10.1 Å². The minimum absolute atomic E-state index is 0.0350. The van der Waals surface area contributed by atoms with Gasteiger partial charge in [-0.25, -0.2) is 33.6 Å². The molecule has 4 aliphatic rings. The lowest BCUT2D eigenvalue weighted by molar-refractivity contribution is -0.121. The van der Waals surface area contributed by atoms with E-state index in [2.05, 4.69) is 73.4 Å². The second-order valence-corrected chi connectivity index (χ2v) is 23.6. The second-order valence-electron chi connectivity index (χ2n) is 19.7. The number of anilines is 3. The van der Waals surface area contributed by atoms with E-state index in [4.69, 9.17) is 24.7 Å². The molecule has 402 valence electrons. The molecule has 0 bridgehead atoms. The highest BCUT2D eigenvalue weighted by atomic mass is 32.2. The molecule has 4 aromatic rings. The molecule has 2 aromatic carbocycles. The predicted octanol–water partition coefficient (Wildman–Crippen LogP) is 3.46. The average Bonchev–Trinajstić information content (AvgIpc) is 3.80. The molecule has 0 unspecified atom stereocenters. The highest BCUT2D eigenvalue weighted by molar-refractivity contribution is 7.86. The highest BCUT2D eigenvalue weighted by Gasteiger charge is 2.50. The average molecular weight is 1090 g/mol. The zero-order valence-corrected chi connectivity index (χ0v) is 44.3. The Kier molecular flexibility index (Phi) is 15.7. The number of hydrogen-bond donors (Lipinski definition) is 9. The zero-order chi connectivity index (χ0) is 53.7. The Morgan fingerprint density at radius 1 is 0.959 bits per heavy atom. The van der Waals surface area contributed by atoms with Crippen molar-refractivity contribution in [1.82, 2.24) is 29.4 Å². The predicted molar refractivity (Wildman–Crippen MR) is 272 cm³/mol. The van der Waals surface area contributed by atoms with Gasteiger partial charge in [0.05, 0.1) is 23.8 Å². The first-order valence-electron chi connectivity index (χ1n) is 24.1. The van der Waals surface area contributed by atoms with Crippen LogP contribution in [-0.4, -0.2) is 131 Å². The molecule has 2 aromatic heterocycles. The van der Waals surface area contributed by atoms with Crippen LogP contribution in [0.25, 0.3) is 22.3 Å². The number of nitrogens with zero attached hydrogens (tertiary/aromatic N) is 7. The van der Waals surface area contributed by atoms with E-state index in [-0.39, 0.29) is 40.8 Å². The largest absolute Gasteiger partial charge is 0.470 e. The number of allylic oxidation sites excluding steroid dienone is 1. The Hall–Kier alpha value is -5.21. The zero-order valence-electron chi connectivity index (χ0n) is 41.7. The summed E-state index contributed by atoms with van der Waals surface area (Å²) >= 11 is 0. The van der Waals surface area contributed by atoms with Crippen molar-refractivity contribution in [3.63, 3.8) is 0 Å². The number of imidazole rings is 1. The molecule has 4 atom stereocenters. The molecule has 0 aliphatic carbocycles. The number of phosphoric acid groups is 2. The van der Waals surface area contributed by atoms with Crippen LogP contribution in [0.3, 0.4) is 0 Å². The molecular weight excluding hydrogens is 1030 g/mol. The van der Waals surface area contributed by atoms with E-state index >= 15 is 0 Å². The molecule has 8 rings (SSSR count). The third-order valence-corrected chi connectivity index (χ3v) is 15.0. The first kappa shape index (κ1) is 55.0. The van der Waals surface area contributed by atoms with Crippen molar-refractivity contribution >= 4 is 77.1 Å². The minimum Gasteiger partial charge on any atom is -0.452 e. The van der Waals surface area contributed by atoms with Crippen molar-refractivity contribution < 1.29 is 70.1 Å². The third kappa shape index (κ3) is 12.2. The van der Waals surface area contributed by atoms with Gasteiger partial charge in [0.2, 0.25) is 17.2 Å². The minimum atomic E-state index is -5.26. The first-order valence-corrected chi connectivity index (χ1v) is 28.7. The molecule has 0 saturated carbocycles. The van der Waals surface area contributed by atoms with Crippen molar-refractivity contribution in [3.8, 4) is 11.5 Å². The van der Waals surface area contributed by atoms with Crippen LogP contribution in [-0.2, 0) is 37.8 Å². The van der Waals surface area contributed by atoms with Gasteiger partial charge in [-0.3, -0.25) is 23.0 Å². The van der Waals surface area contributed by atoms with Crippen molar-refractivity contribution in [2.45, 2.75) is 116 Å². The van der Waals surface area contributed by atoms with Crippen LogP contribution in [0.15, 0.2) is 47.7 Å². The molecule has 28 heteroatoms. The number of aliphatic hydroxyl groups is 1. The summed E-state index contributed by atoms with van der Waals surface area (Å²) in [5.74, 6) is 0.396. The molecule has 4 aliphatic heterocycles. The summed E-state index contributed by atoms with van der Waals surface area (Å²) in [6, 6.07) is 7.71. The number of carbonyl (C=O) groups is 1. The fraction of sp³-hybridized carbons (Fsp3) is 0.522. The number of phosphoric ester groups is 2. The van der Waals surface area contributed by atoms with Crippen LogP contribution in [0.5, 0.6) is 11.5 Å². The second kappa shape index (κ2) is 21.1. The molecule has 25 nitrogen and oxygen atoms in total. The Balaban J connectivity index is 0.883. The van der Waals surface area contributed by atoms with E-state index in [9.17, 15) is 51.6 Å². The van der Waals surface area contributed by atoms with Gasteiger partial charge in [-0.2, -0.15) is 8.42 Å². The molecular formula is C46H63N10O15P2S+. The van der Waals surface area contributed by atoms with Gasteiger partial charge in [-0.1, -0.05) is 18.9 Å². The lowest BCUT2D eigenvalue weighted by Gasteiger charge is -2.43. The number of hydrogen-bond acceptors (Lipinski definition) is 17. The summed E-state index contributed by atoms with van der Waals surface area (Å²) in [6.07, 6.45) is 1.95. The number of fused-ring (bicyclic) bond motifs is 5. The van der Waals surface area contributed by atoms with Crippen molar-refractivity contribution in [3.05, 3.63) is 64.6 Å². The Morgan fingerprint density at radius 3 is 2.38 bits per heavy atom. The standard InChI is InChI=1S/C46H62N10O15P2S/c1-7-54-32-19-34-30(17-28(32)26(2)21-45(54,3)4)52-31-18-29-27(24-74(65,66)67)22-46(5,6)55(33(29)20-35(31)69-34)16-12-13-37(57)48-14-10-8-9-11-15-49-44-53-38-41(47)50-25-51-42(38)56(44)43-40(71-73(62,63)64)39(58)36(70-43)23-68-72(59,60)61/h17-22,25,36,39-40,43,47,52,58H,7-16,23-24H2,1-6H3,(H6,48,57,59,60,61,62,63,64,65,66,67)/p+1/t36-,39-,40-,43-/m1/s1. The monoisotopic (exact) mass is 1090 g/mol. The van der Waals surface area contributed by atoms with Crippen LogP contribution in [0.4, 0.5) is 23.1 Å². The summed E-state index contributed by atoms with van der Waals surface area (Å²) in [4.78, 5) is 70.8. The van der Waals surface area contributed by atoms with Gasteiger partial charge in [-0.15, -0.1) is 0 Å². The number of amides is 1. The topological polar surface area (TPSA) is 356 Å². The molecule has 6 heterocycles. The summed E-state index contributed by atoms with van der Waals surface area (Å²) < 4.78 is 83.2. The van der Waals surface area contributed by atoms with E-state index in [1.165, 1.54) is 4.57 Å². The molecule has 1 fully saturated rings. The number of likely N-dealkylation sites (N-methyl/N-ethyl adjacent to an activating group) is 1. The van der Waals surface area contributed by atoms with Crippen LogP contribution in [0, 0.1) is 0 Å². The van der Waals surface area contributed by atoms with E-state index in [0.29, 0.717) is 84.4 Å². The number of unbranched alkanes of at least 4 members (excludes halogenated alkanes) is 3. The van der Waals surface area contributed by atoms with Crippen LogP contribution in [0.1, 0.15) is 97.4 Å². The van der Waals surface area contributed by atoms with Gasteiger partial charge in [0.15, 0.2) is 40.2 Å². The maximum Gasteiger partial charge on any atom is 0.470 e. The first-order chi connectivity index (χ1) is 34.6. The Bertz CT molecular complexity index is 3270.